The van der Waals surface area contributed by atoms with Gasteiger partial charge in [-0.05, 0) is 83.0 Å². The van der Waals surface area contributed by atoms with E-state index in [4.69, 9.17) is 11.6 Å². The van der Waals surface area contributed by atoms with Crippen LogP contribution in [-0.2, 0) is 26.2 Å². The van der Waals surface area contributed by atoms with Crippen molar-refractivity contribution in [2.45, 2.75) is 64.6 Å². The summed E-state index contributed by atoms with van der Waals surface area (Å²) in [5.41, 5.74) is 2.28. The Morgan fingerprint density at radius 3 is 2.21 bits per heavy atom. The van der Waals surface area contributed by atoms with Crippen molar-refractivity contribution < 1.29 is 18.0 Å². The van der Waals surface area contributed by atoms with Crippen molar-refractivity contribution in [1.82, 2.24) is 10.2 Å². The van der Waals surface area contributed by atoms with E-state index in [0.29, 0.717) is 16.3 Å². The standard InChI is InChI=1S/C30H36ClN3O4S/c1-21-15-16-27(22(2)17-21)34(39(37,38)26-13-8-7-9-14-26)20-28(35)33(19-24-11-10-12-25(31)18-24)23(3)29(36)32-30(4,5)6/h7-18,23H,19-20H2,1-6H3,(H,32,36)/t23-/m1/s1. The van der Waals surface area contributed by atoms with Crippen LogP contribution in [0.5, 0.6) is 0 Å². The van der Waals surface area contributed by atoms with Crippen molar-refractivity contribution >= 4 is 39.1 Å². The first-order valence-electron chi connectivity index (χ1n) is 12.7. The topological polar surface area (TPSA) is 86.8 Å². The molecule has 3 aromatic carbocycles. The molecule has 0 aliphatic rings. The molecule has 208 valence electrons. The van der Waals surface area contributed by atoms with E-state index in [-0.39, 0.29) is 17.3 Å². The summed E-state index contributed by atoms with van der Waals surface area (Å²) >= 11 is 6.19. The van der Waals surface area contributed by atoms with Gasteiger partial charge in [-0.15, -0.1) is 0 Å². The molecule has 3 aromatic rings. The van der Waals surface area contributed by atoms with Crippen LogP contribution in [0.25, 0.3) is 0 Å². The quantitative estimate of drug-likeness (QED) is 0.369. The summed E-state index contributed by atoms with van der Waals surface area (Å²) in [7, 11) is -4.11. The molecule has 0 spiro atoms. The third-order valence-electron chi connectivity index (χ3n) is 6.14. The van der Waals surface area contributed by atoms with E-state index < -0.39 is 34.1 Å². The molecule has 0 fully saturated rings. The van der Waals surface area contributed by atoms with E-state index in [1.54, 1.807) is 49.4 Å². The highest BCUT2D eigenvalue weighted by atomic mass is 35.5. The Morgan fingerprint density at radius 2 is 1.62 bits per heavy atom. The number of hydrogen-bond donors (Lipinski definition) is 1. The van der Waals surface area contributed by atoms with E-state index >= 15 is 0 Å². The van der Waals surface area contributed by atoms with Gasteiger partial charge in [0.05, 0.1) is 10.6 Å². The van der Waals surface area contributed by atoms with Gasteiger partial charge in [-0.3, -0.25) is 13.9 Å². The lowest BCUT2D eigenvalue weighted by Gasteiger charge is -2.34. The number of amides is 2. The molecule has 0 unspecified atom stereocenters. The van der Waals surface area contributed by atoms with Gasteiger partial charge in [-0.25, -0.2) is 8.42 Å². The zero-order chi connectivity index (χ0) is 29.0. The Kier molecular flexibility index (Phi) is 9.46. The Labute approximate surface area is 236 Å². The molecular formula is C30H36ClN3O4S. The number of benzene rings is 3. The maximum atomic E-state index is 14.0. The van der Waals surface area contributed by atoms with Crippen molar-refractivity contribution in [3.8, 4) is 0 Å². The van der Waals surface area contributed by atoms with Crippen molar-refractivity contribution in [1.29, 1.82) is 0 Å². The van der Waals surface area contributed by atoms with Crippen LogP contribution in [0.2, 0.25) is 5.02 Å². The van der Waals surface area contributed by atoms with Crippen LogP contribution in [0, 0.1) is 13.8 Å². The van der Waals surface area contributed by atoms with Crippen LogP contribution < -0.4 is 9.62 Å². The molecular weight excluding hydrogens is 534 g/mol. The number of hydrogen-bond acceptors (Lipinski definition) is 4. The summed E-state index contributed by atoms with van der Waals surface area (Å²) in [5, 5.41) is 3.41. The Balaban J connectivity index is 2.06. The Morgan fingerprint density at radius 1 is 0.949 bits per heavy atom. The number of sulfonamides is 1. The van der Waals surface area contributed by atoms with Crippen molar-refractivity contribution in [2.75, 3.05) is 10.8 Å². The van der Waals surface area contributed by atoms with Gasteiger partial charge in [0.25, 0.3) is 10.0 Å². The number of aryl methyl sites for hydroxylation is 2. The monoisotopic (exact) mass is 569 g/mol. The van der Waals surface area contributed by atoms with Gasteiger partial charge >= 0.3 is 0 Å². The predicted molar refractivity (Wildman–Crippen MR) is 156 cm³/mol. The molecule has 0 radical (unpaired) electrons. The van der Waals surface area contributed by atoms with E-state index in [2.05, 4.69) is 5.32 Å². The lowest BCUT2D eigenvalue weighted by atomic mass is 10.1. The van der Waals surface area contributed by atoms with Crippen molar-refractivity contribution in [2.24, 2.45) is 0 Å². The van der Waals surface area contributed by atoms with Crippen LogP contribution in [-0.4, -0.2) is 43.3 Å². The van der Waals surface area contributed by atoms with Gasteiger partial charge in [0.2, 0.25) is 11.8 Å². The number of carbonyl (C=O) groups excluding carboxylic acids is 2. The Bertz CT molecular complexity index is 1440. The fourth-order valence-corrected chi connectivity index (χ4v) is 5.92. The molecule has 39 heavy (non-hydrogen) atoms. The summed E-state index contributed by atoms with van der Waals surface area (Å²) in [6.07, 6.45) is 0. The molecule has 0 aliphatic heterocycles. The minimum absolute atomic E-state index is 0.0673. The summed E-state index contributed by atoms with van der Waals surface area (Å²) < 4.78 is 28.9. The minimum Gasteiger partial charge on any atom is -0.350 e. The van der Waals surface area contributed by atoms with Gasteiger partial charge in [-0.1, -0.05) is 59.6 Å². The average molecular weight is 570 g/mol. The van der Waals surface area contributed by atoms with E-state index in [0.717, 1.165) is 15.4 Å². The summed E-state index contributed by atoms with van der Waals surface area (Å²) in [6, 6.07) is 19.5. The summed E-state index contributed by atoms with van der Waals surface area (Å²) in [6.45, 7) is 10.5. The maximum absolute atomic E-state index is 14.0. The van der Waals surface area contributed by atoms with Gasteiger partial charge < -0.3 is 10.2 Å². The molecule has 0 bridgehead atoms. The molecule has 0 saturated carbocycles. The number of carbonyl (C=O) groups is 2. The molecule has 0 saturated heterocycles. The second kappa shape index (κ2) is 12.2. The fourth-order valence-electron chi connectivity index (χ4n) is 4.21. The summed E-state index contributed by atoms with van der Waals surface area (Å²) in [4.78, 5) is 28.6. The molecule has 0 heterocycles. The minimum atomic E-state index is -4.11. The number of halogens is 1. The van der Waals surface area contributed by atoms with Crippen LogP contribution >= 0.6 is 11.6 Å². The van der Waals surface area contributed by atoms with E-state index in [9.17, 15) is 18.0 Å². The predicted octanol–water partition coefficient (Wildman–Crippen LogP) is 5.48. The normalized spacial score (nSPS) is 12.5. The third kappa shape index (κ3) is 7.83. The molecule has 1 atom stereocenters. The fraction of sp³-hybridized carbons (Fsp3) is 0.333. The zero-order valence-electron chi connectivity index (χ0n) is 23.2. The average Bonchev–Trinajstić information content (AvgIpc) is 2.85. The van der Waals surface area contributed by atoms with Crippen LogP contribution in [0.1, 0.15) is 44.4 Å². The molecule has 2 amide bonds. The molecule has 3 rings (SSSR count). The van der Waals surface area contributed by atoms with Crippen molar-refractivity contribution in [3.63, 3.8) is 0 Å². The van der Waals surface area contributed by atoms with Crippen LogP contribution in [0.15, 0.2) is 77.7 Å². The first kappa shape index (κ1) is 30.2. The van der Waals surface area contributed by atoms with Gasteiger partial charge in [-0.2, -0.15) is 0 Å². The van der Waals surface area contributed by atoms with Gasteiger partial charge in [0, 0.05) is 17.1 Å². The van der Waals surface area contributed by atoms with E-state index in [1.165, 1.54) is 17.0 Å². The lowest BCUT2D eigenvalue weighted by Crippen LogP contribution is -2.54. The van der Waals surface area contributed by atoms with Gasteiger partial charge in [0.1, 0.15) is 12.6 Å². The van der Waals surface area contributed by atoms with Crippen LogP contribution in [0.3, 0.4) is 0 Å². The molecule has 9 heteroatoms. The first-order chi connectivity index (χ1) is 18.2. The third-order valence-corrected chi connectivity index (χ3v) is 8.15. The van der Waals surface area contributed by atoms with Gasteiger partial charge in [0.15, 0.2) is 0 Å². The smallest absolute Gasteiger partial charge is 0.264 e. The van der Waals surface area contributed by atoms with E-state index in [1.807, 2.05) is 52.8 Å². The SMILES string of the molecule is Cc1ccc(N(CC(=O)N(Cc2cccc(Cl)c2)[C@H](C)C(=O)NC(C)(C)C)S(=O)(=O)c2ccccc2)c(C)c1. The number of nitrogens with one attached hydrogen (secondary N) is 1. The highest BCUT2D eigenvalue weighted by molar-refractivity contribution is 7.92. The largest absolute Gasteiger partial charge is 0.350 e. The molecule has 0 aromatic heterocycles. The molecule has 7 nitrogen and oxygen atoms in total. The highest BCUT2D eigenvalue weighted by Crippen LogP contribution is 2.28. The Hall–Kier alpha value is -3.36. The highest BCUT2D eigenvalue weighted by Gasteiger charge is 2.33. The van der Waals surface area contributed by atoms with Crippen LogP contribution in [0.4, 0.5) is 5.69 Å². The number of anilines is 1. The number of nitrogens with zero attached hydrogens (tertiary/aromatic N) is 2. The van der Waals surface area contributed by atoms with Crippen molar-refractivity contribution in [3.05, 3.63) is 94.5 Å². The second-order valence-corrected chi connectivity index (χ2v) is 13.0. The molecule has 1 N–H and O–H groups in total. The lowest BCUT2D eigenvalue weighted by molar-refractivity contribution is -0.140. The zero-order valence-corrected chi connectivity index (χ0v) is 24.8. The number of rotatable bonds is 9. The second-order valence-electron chi connectivity index (χ2n) is 10.7. The first-order valence-corrected chi connectivity index (χ1v) is 14.5. The maximum Gasteiger partial charge on any atom is 0.264 e. The molecule has 0 aliphatic carbocycles. The summed E-state index contributed by atoms with van der Waals surface area (Å²) in [5.74, 6) is -0.868.